The number of rotatable bonds is 2. The van der Waals surface area contributed by atoms with Gasteiger partial charge < -0.3 is 4.90 Å². The Labute approximate surface area is 125 Å². The topological polar surface area (TPSA) is 35.6 Å². The van der Waals surface area contributed by atoms with Gasteiger partial charge in [-0.15, -0.1) is 0 Å². The van der Waals surface area contributed by atoms with Gasteiger partial charge in [0.25, 0.3) is 0 Å². The molecule has 4 heteroatoms. The number of carbonyl (C=O) groups is 1. The van der Waals surface area contributed by atoms with Crippen molar-refractivity contribution in [3.63, 3.8) is 0 Å². The van der Waals surface area contributed by atoms with E-state index in [-0.39, 0.29) is 18.1 Å². The highest BCUT2D eigenvalue weighted by atomic mass is 16.2. The van der Waals surface area contributed by atoms with Crippen LogP contribution in [-0.2, 0) is 0 Å². The predicted octanol–water partition coefficient (Wildman–Crippen LogP) is 2.97. The number of hydrogen-bond donors (Lipinski definition) is 1. The molecule has 0 bridgehead atoms. The fraction of sp³-hybridized carbons (Fsp3) is 0.235. The van der Waals surface area contributed by atoms with Gasteiger partial charge in [-0.25, -0.2) is 15.2 Å². The Kier molecular flexibility index (Phi) is 3.62. The van der Waals surface area contributed by atoms with Gasteiger partial charge in [0.2, 0.25) is 0 Å². The Morgan fingerprint density at radius 3 is 2.00 bits per heavy atom. The normalized spacial score (nSPS) is 20.8. The van der Waals surface area contributed by atoms with Crippen LogP contribution in [0.2, 0.25) is 0 Å². The molecule has 4 nitrogen and oxygen atoms in total. The number of nitrogens with one attached hydrogen (secondary N) is 1. The lowest BCUT2D eigenvalue weighted by Crippen LogP contribution is -2.62. The molecule has 2 unspecified atom stereocenters. The van der Waals surface area contributed by atoms with Crippen molar-refractivity contribution in [2.45, 2.75) is 12.1 Å². The fourth-order valence-electron chi connectivity index (χ4n) is 2.67. The number of hydrazine groups is 1. The molecule has 1 N–H and O–H groups in total. The first-order valence-electron chi connectivity index (χ1n) is 7.05. The first kappa shape index (κ1) is 13.6. The Morgan fingerprint density at radius 1 is 0.952 bits per heavy atom. The second kappa shape index (κ2) is 5.58. The molecule has 0 spiro atoms. The monoisotopic (exact) mass is 281 g/mol. The van der Waals surface area contributed by atoms with E-state index in [0.29, 0.717) is 0 Å². The van der Waals surface area contributed by atoms with Crippen molar-refractivity contribution in [2.24, 2.45) is 0 Å². The molecule has 0 aliphatic carbocycles. The van der Waals surface area contributed by atoms with Crippen molar-refractivity contribution >= 4 is 6.03 Å². The van der Waals surface area contributed by atoms with Crippen molar-refractivity contribution in [2.75, 3.05) is 14.1 Å². The Hall–Kier alpha value is -2.33. The molecule has 1 aliphatic heterocycles. The smallest absolute Gasteiger partial charge is 0.330 e. The average molecular weight is 281 g/mol. The summed E-state index contributed by atoms with van der Waals surface area (Å²) >= 11 is 0. The maximum atomic E-state index is 12.3. The van der Waals surface area contributed by atoms with Crippen LogP contribution in [0.4, 0.5) is 4.79 Å². The predicted molar refractivity (Wildman–Crippen MR) is 82.4 cm³/mol. The molecule has 1 heterocycles. The fourth-order valence-corrected chi connectivity index (χ4v) is 2.67. The van der Waals surface area contributed by atoms with Gasteiger partial charge in [-0.3, -0.25) is 0 Å². The summed E-state index contributed by atoms with van der Waals surface area (Å²) in [6.45, 7) is 0. The lowest BCUT2D eigenvalue weighted by atomic mass is 9.90. The standard InChI is InChI=1S/C17H19N3O/c1-19(2)17(21)20-16(14-11-7-4-8-12-14)15(18-20)13-9-5-3-6-10-13/h3-12,15-16,18H,1-2H3. The molecule has 1 aliphatic rings. The minimum atomic E-state index is -0.0314. The van der Waals surface area contributed by atoms with Crippen molar-refractivity contribution in [1.82, 2.24) is 15.3 Å². The zero-order chi connectivity index (χ0) is 14.8. The number of nitrogens with zero attached hydrogens (tertiary/aromatic N) is 2. The van der Waals surface area contributed by atoms with Crippen LogP contribution in [0.5, 0.6) is 0 Å². The molecule has 2 aromatic carbocycles. The summed E-state index contributed by atoms with van der Waals surface area (Å²) < 4.78 is 0. The number of benzene rings is 2. The molecule has 0 radical (unpaired) electrons. The maximum Gasteiger partial charge on any atom is 0.334 e. The van der Waals surface area contributed by atoms with Crippen LogP contribution in [0.25, 0.3) is 0 Å². The first-order chi connectivity index (χ1) is 10.2. The molecule has 2 amide bonds. The third-order valence-electron chi connectivity index (χ3n) is 3.76. The molecular formula is C17H19N3O. The summed E-state index contributed by atoms with van der Waals surface area (Å²) in [5.41, 5.74) is 5.60. The van der Waals surface area contributed by atoms with Crippen LogP contribution < -0.4 is 5.43 Å². The summed E-state index contributed by atoms with van der Waals surface area (Å²) in [6, 6.07) is 20.5. The number of amides is 2. The number of carbonyl (C=O) groups excluding carboxylic acids is 1. The van der Waals surface area contributed by atoms with Gasteiger partial charge >= 0.3 is 6.03 Å². The van der Waals surface area contributed by atoms with Crippen molar-refractivity contribution in [1.29, 1.82) is 0 Å². The highest BCUT2D eigenvalue weighted by Crippen LogP contribution is 2.41. The third kappa shape index (κ3) is 2.50. The minimum Gasteiger partial charge on any atom is -0.330 e. The van der Waals surface area contributed by atoms with E-state index in [2.05, 4.69) is 29.7 Å². The van der Waals surface area contributed by atoms with E-state index in [1.54, 1.807) is 24.0 Å². The number of hydrogen-bond acceptors (Lipinski definition) is 2. The molecule has 108 valence electrons. The van der Waals surface area contributed by atoms with Gasteiger partial charge in [0.15, 0.2) is 0 Å². The molecule has 2 aromatic rings. The quantitative estimate of drug-likeness (QED) is 0.918. The summed E-state index contributed by atoms with van der Waals surface area (Å²) in [4.78, 5) is 13.9. The summed E-state index contributed by atoms with van der Waals surface area (Å²) in [7, 11) is 3.53. The summed E-state index contributed by atoms with van der Waals surface area (Å²) in [5.74, 6) is 0. The van der Waals surface area contributed by atoms with Gasteiger partial charge in [-0.2, -0.15) is 0 Å². The maximum absolute atomic E-state index is 12.3. The van der Waals surface area contributed by atoms with E-state index in [1.165, 1.54) is 5.56 Å². The third-order valence-corrected chi connectivity index (χ3v) is 3.76. The van der Waals surface area contributed by atoms with Crippen LogP contribution in [0.1, 0.15) is 23.2 Å². The summed E-state index contributed by atoms with van der Waals surface area (Å²) in [5, 5.41) is 1.70. The molecule has 3 rings (SSSR count). The zero-order valence-electron chi connectivity index (χ0n) is 12.2. The van der Waals surface area contributed by atoms with Crippen molar-refractivity contribution < 1.29 is 4.79 Å². The van der Waals surface area contributed by atoms with E-state index in [1.807, 2.05) is 36.4 Å². The van der Waals surface area contributed by atoms with Crippen molar-refractivity contribution in [3.8, 4) is 0 Å². The van der Waals surface area contributed by atoms with E-state index in [9.17, 15) is 4.79 Å². The molecular weight excluding hydrogens is 262 g/mol. The Morgan fingerprint density at radius 2 is 1.48 bits per heavy atom. The van der Waals surface area contributed by atoms with Gasteiger partial charge in [-0.1, -0.05) is 60.7 Å². The second-order valence-corrected chi connectivity index (χ2v) is 5.42. The molecule has 0 aromatic heterocycles. The van der Waals surface area contributed by atoms with Crippen LogP contribution in [0, 0.1) is 0 Å². The zero-order valence-corrected chi connectivity index (χ0v) is 12.2. The van der Waals surface area contributed by atoms with E-state index >= 15 is 0 Å². The molecule has 0 saturated carbocycles. The highest BCUT2D eigenvalue weighted by Gasteiger charge is 2.44. The minimum absolute atomic E-state index is 0.0171. The molecule has 1 saturated heterocycles. The van der Waals surface area contributed by atoms with Crippen LogP contribution in [0.3, 0.4) is 0 Å². The van der Waals surface area contributed by atoms with Crippen LogP contribution in [0.15, 0.2) is 60.7 Å². The number of urea groups is 1. The van der Waals surface area contributed by atoms with Gasteiger partial charge in [0, 0.05) is 14.1 Å². The van der Waals surface area contributed by atoms with E-state index in [4.69, 9.17) is 0 Å². The largest absolute Gasteiger partial charge is 0.334 e. The first-order valence-corrected chi connectivity index (χ1v) is 7.05. The molecule has 21 heavy (non-hydrogen) atoms. The Balaban J connectivity index is 1.92. The SMILES string of the molecule is CN(C)C(=O)N1NC(c2ccccc2)C1c1ccccc1. The van der Waals surface area contributed by atoms with Crippen molar-refractivity contribution in [3.05, 3.63) is 71.8 Å². The van der Waals surface area contributed by atoms with E-state index in [0.717, 1.165) is 5.56 Å². The van der Waals surface area contributed by atoms with E-state index < -0.39 is 0 Å². The summed E-state index contributed by atoms with van der Waals surface area (Å²) in [6.07, 6.45) is 0. The Bertz CT molecular complexity index is 612. The molecule has 2 atom stereocenters. The lowest BCUT2D eigenvalue weighted by molar-refractivity contribution is -0.00492. The second-order valence-electron chi connectivity index (χ2n) is 5.42. The lowest BCUT2D eigenvalue weighted by Gasteiger charge is -2.49. The van der Waals surface area contributed by atoms with Crippen LogP contribution >= 0.6 is 0 Å². The average Bonchev–Trinajstić information content (AvgIpc) is 2.48. The van der Waals surface area contributed by atoms with Crippen LogP contribution in [-0.4, -0.2) is 30.0 Å². The van der Waals surface area contributed by atoms with Gasteiger partial charge in [0.1, 0.15) is 0 Å². The molecule has 1 fully saturated rings. The van der Waals surface area contributed by atoms with Gasteiger partial charge in [0.05, 0.1) is 12.1 Å². The highest BCUT2D eigenvalue weighted by molar-refractivity contribution is 5.75. The van der Waals surface area contributed by atoms with Gasteiger partial charge in [-0.05, 0) is 11.1 Å².